The van der Waals surface area contributed by atoms with E-state index in [0.29, 0.717) is 10.3 Å². The number of hydrogen-bond donors (Lipinski definition) is 0. The minimum Gasteiger partial charge on any atom is -0.0911 e. The quantitative estimate of drug-likeness (QED) is 0.426. The molecule has 0 amide bonds. The van der Waals surface area contributed by atoms with Gasteiger partial charge in [0.05, 0.1) is 0 Å². The highest BCUT2D eigenvalue weighted by Gasteiger charge is 2.39. The zero-order chi connectivity index (χ0) is 9.41. The van der Waals surface area contributed by atoms with Gasteiger partial charge < -0.3 is 0 Å². The first kappa shape index (κ1) is 10.3. The van der Waals surface area contributed by atoms with E-state index in [1.54, 1.807) is 0 Å². The fraction of sp³-hybridized carbons (Fsp3) is 0.818. The van der Waals surface area contributed by atoms with Gasteiger partial charge in [-0.25, -0.2) is 0 Å². The number of hydrogen-bond acceptors (Lipinski definition) is 0. The first-order valence-electron chi connectivity index (χ1n) is 4.85. The van der Waals surface area contributed by atoms with Crippen LogP contribution in [0.1, 0.15) is 41.0 Å². The molecule has 1 atom stereocenters. The van der Waals surface area contributed by atoms with Crippen molar-refractivity contribution in [1.82, 2.24) is 0 Å². The molecular weight excluding hydrogens is 163 g/mol. The third kappa shape index (κ3) is 1.74. The smallest absolute Gasteiger partial charge is 0.00320 e. The third-order valence-corrected chi connectivity index (χ3v) is 6.70. The molecule has 0 aromatic heterocycles. The summed E-state index contributed by atoms with van der Waals surface area (Å²) in [4.78, 5) is 0. The Morgan fingerprint density at radius 2 is 1.83 bits per heavy atom. The molecule has 0 saturated carbocycles. The lowest BCUT2D eigenvalue weighted by Gasteiger charge is -2.46. The molecular formula is C11H21P. The maximum atomic E-state index is 2.42. The molecule has 0 saturated heterocycles. The summed E-state index contributed by atoms with van der Waals surface area (Å²) in [7, 11) is 0.157. The van der Waals surface area contributed by atoms with Crippen LogP contribution in [0, 0.1) is 0 Å². The van der Waals surface area contributed by atoms with Crippen LogP contribution in [-0.4, -0.2) is 16.5 Å². The zero-order valence-corrected chi connectivity index (χ0v) is 9.91. The molecule has 0 aromatic carbocycles. The van der Waals surface area contributed by atoms with Gasteiger partial charge in [-0.05, 0) is 17.7 Å². The lowest BCUT2D eigenvalue weighted by Crippen LogP contribution is -2.32. The van der Waals surface area contributed by atoms with Crippen LogP contribution < -0.4 is 0 Å². The molecule has 0 bridgehead atoms. The Balaban J connectivity index is 2.94. The lowest BCUT2D eigenvalue weighted by atomic mass is 10.1. The summed E-state index contributed by atoms with van der Waals surface area (Å²) in [5.41, 5.74) is 0. The summed E-state index contributed by atoms with van der Waals surface area (Å²) >= 11 is 0. The summed E-state index contributed by atoms with van der Waals surface area (Å²) < 4.78 is 0. The van der Waals surface area contributed by atoms with Crippen LogP contribution in [0.15, 0.2) is 12.2 Å². The summed E-state index contributed by atoms with van der Waals surface area (Å²) in [5, 5.41) is 1.02. The van der Waals surface area contributed by atoms with Crippen molar-refractivity contribution in [2.24, 2.45) is 0 Å². The Bertz CT molecular complexity index is 189. The van der Waals surface area contributed by atoms with E-state index in [-0.39, 0.29) is 7.92 Å². The van der Waals surface area contributed by atoms with E-state index in [0.717, 1.165) is 0 Å². The van der Waals surface area contributed by atoms with Gasteiger partial charge in [0.1, 0.15) is 0 Å². The van der Waals surface area contributed by atoms with Crippen molar-refractivity contribution < 1.29 is 0 Å². The van der Waals surface area contributed by atoms with Gasteiger partial charge in [0.25, 0.3) is 0 Å². The molecule has 1 rings (SSSR count). The molecule has 1 aliphatic heterocycles. The normalized spacial score (nSPS) is 31.9. The Hall–Kier alpha value is 0.170. The summed E-state index contributed by atoms with van der Waals surface area (Å²) in [6.45, 7) is 12.0. The summed E-state index contributed by atoms with van der Waals surface area (Å²) in [6.07, 6.45) is 7.43. The maximum Gasteiger partial charge on any atom is 0.00320 e. The average molecular weight is 184 g/mol. The van der Waals surface area contributed by atoms with Crippen molar-refractivity contribution in [3.8, 4) is 0 Å². The van der Waals surface area contributed by atoms with Crippen LogP contribution in [0.4, 0.5) is 0 Å². The molecule has 0 N–H and O–H groups in total. The third-order valence-electron chi connectivity index (χ3n) is 2.89. The molecule has 0 radical (unpaired) electrons. The minimum absolute atomic E-state index is 0.157. The first-order valence-corrected chi connectivity index (χ1v) is 6.38. The predicted octanol–water partition coefficient (Wildman–Crippen LogP) is 4.01. The van der Waals surface area contributed by atoms with E-state index in [4.69, 9.17) is 0 Å². The Kier molecular flexibility index (Phi) is 2.69. The van der Waals surface area contributed by atoms with Crippen molar-refractivity contribution in [3.05, 3.63) is 12.2 Å². The largest absolute Gasteiger partial charge is 0.0911 e. The first-order chi connectivity index (χ1) is 5.40. The molecule has 0 nitrogen and oxygen atoms in total. The molecule has 70 valence electrons. The van der Waals surface area contributed by atoms with Crippen LogP contribution in [0.2, 0.25) is 0 Å². The van der Waals surface area contributed by atoms with E-state index >= 15 is 0 Å². The molecule has 0 aliphatic carbocycles. The lowest BCUT2D eigenvalue weighted by molar-refractivity contribution is 0.659. The van der Waals surface area contributed by atoms with Crippen LogP contribution in [-0.2, 0) is 0 Å². The molecule has 0 aromatic rings. The van der Waals surface area contributed by atoms with E-state index in [2.05, 4.69) is 46.8 Å². The van der Waals surface area contributed by atoms with E-state index in [1.165, 1.54) is 12.6 Å². The molecule has 1 aliphatic rings. The predicted molar refractivity (Wildman–Crippen MR) is 59.4 cm³/mol. The van der Waals surface area contributed by atoms with Crippen molar-refractivity contribution in [2.75, 3.05) is 6.16 Å². The number of rotatable bonds is 1. The van der Waals surface area contributed by atoms with Crippen LogP contribution >= 0.6 is 7.92 Å². The Labute approximate surface area is 78.2 Å². The van der Waals surface area contributed by atoms with Crippen LogP contribution in [0.3, 0.4) is 0 Å². The maximum absolute atomic E-state index is 2.42. The second-order valence-electron chi connectivity index (χ2n) is 4.82. The van der Waals surface area contributed by atoms with Gasteiger partial charge in [0.15, 0.2) is 0 Å². The highest BCUT2D eigenvalue weighted by molar-refractivity contribution is 7.61. The van der Waals surface area contributed by atoms with E-state index in [9.17, 15) is 0 Å². The second-order valence-corrected chi connectivity index (χ2v) is 8.67. The molecule has 0 fully saturated rings. The van der Waals surface area contributed by atoms with Crippen molar-refractivity contribution >= 4 is 7.92 Å². The van der Waals surface area contributed by atoms with E-state index < -0.39 is 0 Å². The summed E-state index contributed by atoms with van der Waals surface area (Å²) in [6, 6.07) is 0. The highest BCUT2D eigenvalue weighted by Crippen LogP contribution is 2.63. The second kappa shape index (κ2) is 3.14. The molecule has 1 heterocycles. The molecule has 12 heavy (non-hydrogen) atoms. The Morgan fingerprint density at radius 1 is 1.25 bits per heavy atom. The SMILES string of the molecule is CCP1C(C)(C)C=CCC1(C)C. The van der Waals surface area contributed by atoms with Crippen molar-refractivity contribution in [3.63, 3.8) is 0 Å². The molecule has 1 unspecified atom stereocenters. The topological polar surface area (TPSA) is 0 Å². The van der Waals surface area contributed by atoms with Gasteiger partial charge in [-0.15, -0.1) is 0 Å². The van der Waals surface area contributed by atoms with Gasteiger partial charge in [-0.1, -0.05) is 54.7 Å². The molecule has 1 heteroatoms. The standard InChI is InChI=1S/C11H21P/c1-6-12-10(2,3)8-7-9-11(12,4)5/h7-8H,6,9H2,1-5H3. The Morgan fingerprint density at radius 3 is 2.17 bits per heavy atom. The minimum atomic E-state index is 0.157. The fourth-order valence-corrected chi connectivity index (χ4v) is 6.29. The zero-order valence-electron chi connectivity index (χ0n) is 9.02. The summed E-state index contributed by atoms with van der Waals surface area (Å²) in [5.74, 6) is 0. The van der Waals surface area contributed by atoms with Gasteiger partial charge in [-0.2, -0.15) is 0 Å². The van der Waals surface area contributed by atoms with Gasteiger partial charge >= 0.3 is 0 Å². The van der Waals surface area contributed by atoms with Crippen molar-refractivity contribution in [1.29, 1.82) is 0 Å². The molecule has 0 spiro atoms. The van der Waals surface area contributed by atoms with Crippen molar-refractivity contribution in [2.45, 2.75) is 51.4 Å². The van der Waals surface area contributed by atoms with E-state index in [1.807, 2.05) is 0 Å². The monoisotopic (exact) mass is 184 g/mol. The highest BCUT2D eigenvalue weighted by atomic mass is 31.1. The number of allylic oxidation sites excluding steroid dienone is 2. The van der Waals surface area contributed by atoms with Gasteiger partial charge in [-0.3, -0.25) is 0 Å². The average Bonchev–Trinajstić information content (AvgIpc) is 1.83. The fourth-order valence-electron chi connectivity index (χ4n) is 2.45. The van der Waals surface area contributed by atoms with Gasteiger partial charge in [0.2, 0.25) is 0 Å². The van der Waals surface area contributed by atoms with Crippen LogP contribution in [0.25, 0.3) is 0 Å². The van der Waals surface area contributed by atoms with Gasteiger partial charge in [0, 0.05) is 5.16 Å². The van der Waals surface area contributed by atoms with Crippen LogP contribution in [0.5, 0.6) is 0 Å².